The number of ether oxygens (including phenoxy) is 1. The number of rotatable bonds is 10. The highest BCUT2D eigenvalue weighted by Crippen LogP contribution is 2.44. The highest BCUT2D eigenvalue weighted by Gasteiger charge is 2.40. The van der Waals surface area contributed by atoms with Gasteiger partial charge in [-0.25, -0.2) is 9.59 Å². The lowest BCUT2D eigenvalue weighted by Crippen LogP contribution is -2.61. The van der Waals surface area contributed by atoms with Crippen molar-refractivity contribution in [2.24, 2.45) is 5.92 Å². The lowest BCUT2D eigenvalue weighted by Gasteiger charge is -2.33. The van der Waals surface area contributed by atoms with Crippen LogP contribution in [0.1, 0.15) is 64.0 Å². The first-order valence-electron chi connectivity index (χ1n) is 11.9. The van der Waals surface area contributed by atoms with E-state index in [4.69, 9.17) is 4.74 Å². The van der Waals surface area contributed by atoms with Crippen LogP contribution in [0.25, 0.3) is 11.1 Å². The van der Waals surface area contributed by atoms with Gasteiger partial charge in [0.1, 0.15) is 18.2 Å². The van der Waals surface area contributed by atoms with Gasteiger partial charge < -0.3 is 20.5 Å². The fraction of sp³-hybridized carbons (Fsp3) is 0.444. The first kappa shape index (κ1) is 25.3. The van der Waals surface area contributed by atoms with Crippen molar-refractivity contribution in [2.45, 2.75) is 64.5 Å². The summed E-state index contributed by atoms with van der Waals surface area (Å²) in [6, 6.07) is 15.1. The minimum absolute atomic E-state index is 0.0913. The summed E-state index contributed by atoms with van der Waals surface area (Å²) in [6.07, 6.45) is 0.497. The van der Waals surface area contributed by atoms with Gasteiger partial charge in [0.15, 0.2) is 0 Å². The Labute approximate surface area is 200 Å². The molecule has 7 nitrogen and oxygen atoms in total. The summed E-state index contributed by atoms with van der Waals surface area (Å²) in [4.78, 5) is 37.7. The number of carbonyl (C=O) groups is 3. The van der Waals surface area contributed by atoms with Crippen LogP contribution in [0.4, 0.5) is 4.79 Å². The van der Waals surface area contributed by atoms with Crippen molar-refractivity contribution in [3.63, 3.8) is 0 Å². The van der Waals surface area contributed by atoms with Crippen LogP contribution in [0, 0.1) is 5.92 Å². The van der Waals surface area contributed by atoms with Gasteiger partial charge in [0.2, 0.25) is 5.91 Å². The van der Waals surface area contributed by atoms with E-state index in [0.29, 0.717) is 19.3 Å². The molecule has 0 aliphatic heterocycles. The van der Waals surface area contributed by atoms with E-state index in [-0.39, 0.29) is 18.4 Å². The number of hydrogen-bond donors (Lipinski definition) is 3. The lowest BCUT2D eigenvalue weighted by atomic mass is 9.90. The van der Waals surface area contributed by atoms with Crippen molar-refractivity contribution in [2.75, 3.05) is 6.61 Å². The summed E-state index contributed by atoms with van der Waals surface area (Å²) >= 11 is 0. The molecule has 0 heterocycles. The molecule has 7 heteroatoms. The minimum atomic E-state index is -1.26. The van der Waals surface area contributed by atoms with Gasteiger partial charge in [-0.3, -0.25) is 4.79 Å². The maximum atomic E-state index is 13.1. The molecule has 0 radical (unpaired) electrons. The molecule has 3 N–H and O–H groups in total. The van der Waals surface area contributed by atoms with E-state index >= 15 is 0 Å². The van der Waals surface area contributed by atoms with Gasteiger partial charge >= 0.3 is 12.1 Å². The van der Waals surface area contributed by atoms with Crippen LogP contribution in [-0.4, -0.2) is 41.3 Å². The molecular weight excluding hydrogens is 432 g/mol. The van der Waals surface area contributed by atoms with Crippen LogP contribution in [-0.2, 0) is 14.3 Å². The molecule has 0 saturated heterocycles. The first-order valence-corrected chi connectivity index (χ1v) is 11.9. The van der Waals surface area contributed by atoms with Crippen LogP contribution < -0.4 is 10.6 Å². The van der Waals surface area contributed by atoms with E-state index in [2.05, 4.69) is 22.8 Å². The average molecular weight is 467 g/mol. The molecule has 34 heavy (non-hydrogen) atoms. The largest absolute Gasteiger partial charge is 0.480 e. The Kier molecular flexibility index (Phi) is 7.97. The molecule has 0 aromatic heterocycles. The van der Waals surface area contributed by atoms with E-state index in [1.165, 1.54) is 0 Å². The van der Waals surface area contributed by atoms with Crippen LogP contribution in [0.5, 0.6) is 0 Å². The Morgan fingerprint density at radius 3 is 1.97 bits per heavy atom. The van der Waals surface area contributed by atoms with E-state index in [9.17, 15) is 19.5 Å². The van der Waals surface area contributed by atoms with Gasteiger partial charge in [-0.05, 0) is 41.0 Å². The van der Waals surface area contributed by atoms with Crippen LogP contribution in [0.3, 0.4) is 0 Å². The van der Waals surface area contributed by atoms with Crippen molar-refractivity contribution in [1.29, 1.82) is 0 Å². The monoisotopic (exact) mass is 466 g/mol. The third kappa shape index (κ3) is 4.93. The molecule has 0 fully saturated rings. The van der Waals surface area contributed by atoms with Crippen molar-refractivity contribution >= 4 is 18.0 Å². The minimum Gasteiger partial charge on any atom is -0.480 e. The Balaban J connectivity index is 1.72. The van der Waals surface area contributed by atoms with E-state index in [1.807, 2.05) is 43.3 Å². The summed E-state index contributed by atoms with van der Waals surface area (Å²) < 4.78 is 5.62. The summed E-state index contributed by atoms with van der Waals surface area (Å²) in [6.45, 7) is 7.35. The zero-order valence-corrected chi connectivity index (χ0v) is 20.3. The molecule has 2 atom stereocenters. The number of nitrogens with one attached hydrogen (secondary N) is 2. The van der Waals surface area contributed by atoms with E-state index in [1.54, 1.807) is 20.8 Å². The second kappa shape index (κ2) is 10.7. The summed E-state index contributed by atoms with van der Waals surface area (Å²) in [5, 5.41) is 14.9. The number of carboxylic acid groups (broad SMARTS) is 1. The molecule has 2 aromatic carbocycles. The molecule has 2 aromatic rings. The molecule has 182 valence electrons. The molecule has 1 aliphatic rings. The molecule has 1 unspecified atom stereocenters. The zero-order valence-electron chi connectivity index (χ0n) is 20.3. The fourth-order valence-corrected chi connectivity index (χ4v) is 4.60. The molecule has 0 saturated carbocycles. The molecule has 0 bridgehead atoms. The Bertz CT molecular complexity index is 1000. The van der Waals surface area contributed by atoms with Crippen molar-refractivity contribution in [1.82, 2.24) is 10.6 Å². The predicted octanol–water partition coefficient (Wildman–Crippen LogP) is 4.70. The van der Waals surface area contributed by atoms with E-state index < -0.39 is 29.6 Å². The maximum absolute atomic E-state index is 13.1. The van der Waals surface area contributed by atoms with Gasteiger partial charge in [-0.15, -0.1) is 0 Å². The number of carbonyl (C=O) groups excluding carboxylic acids is 2. The lowest BCUT2D eigenvalue weighted by molar-refractivity contribution is -0.144. The molecule has 0 spiro atoms. The number of benzene rings is 2. The second-order valence-electron chi connectivity index (χ2n) is 8.91. The van der Waals surface area contributed by atoms with Crippen LogP contribution >= 0.6 is 0 Å². The van der Waals surface area contributed by atoms with Crippen molar-refractivity contribution < 1.29 is 24.2 Å². The summed E-state index contributed by atoms with van der Waals surface area (Å²) in [5.41, 5.74) is 3.21. The molecular formula is C27H34N2O5. The normalized spacial score (nSPS) is 14.5. The van der Waals surface area contributed by atoms with Crippen molar-refractivity contribution in [3.05, 3.63) is 59.7 Å². The number of aliphatic carboxylic acids is 1. The number of carboxylic acids is 1. The van der Waals surface area contributed by atoms with Gasteiger partial charge in [-0.1, -0.05) is 82.6 Å². The van der Waals surface area contributed by atoms with Crippen LogP contribution in [0.2, 0.25) is 0 Å². The number of hydrogen-bond acceptors (Lipinski definition) is 4. The number of amides is 2. The summed E-state index contributed by atoms with van der Waals surface area (Å²) in [7, 11) is 0. The Morgan fingerprint density at radius 1 is 0.971 bits per heavy atom. The van der Waals surface area contributed by atoms with Crippen LogP contribution in [0.15, 0.2) is 48.5 Å². The SMILES string of the molecule is CCC(C)[C@H](NC(=O)C(CC)(CC)NC(=O)OCC1c2ccccc2-c2ccccc21)C(=O)O. The highest BCUT2D eigenvalue weighted by atomic mass is 16.5. The van der Waals surface area contributed by atoms with Gasteiger partial charge in [-0.2, -0.15) is 0 Å². The average Bonchev–Trinajstić information content (AvgIpc) is 3.17. The van der Waals surface area contributed by atoms with Gasteiger partial charge in [0, 0.05) is 5.92 Å². The Morgan fingerprint density at radius 2 is 1.50 bits per heavy atom. The Hall–Kier alpha value is -3.35. The van der Waals surface area contributed by atoms with Gasteiger partial charge in [0.05, 0.1) is 0 Å². The third-order valence-corrected chi connectivity index (χ3v) is 7.09. The molecule has 1 aliphatic carbocycles. The van der Waals surface area contributed by atoms with Crippen molar-refractivity contribution in [3.8, 4) is 11.1 Å². The second-order valence-corrected chi connectivity index (χ2v) is 8.91. The zero-order chi connectivity index (χ0) is 24.9. The quantitative estimate of drug-likeness (QED) is 0.471. The smallest absolute Gasteiger partial charge is 0.408 e. The molecule has 3 rings (SSSR count). The first-order chi connectivity index (χ1) is 16.3. The molecule has 2 amide bonds. The third-order valence-electron chi connectivity index (χ3n) is 7.09. The fourth-order valence-electron chi connectivity index (χ4n) is 4.60. The number of alkyl carbamates (subject to hydrolysis) is 1. The van der Waals surface area contributed by atoms with E-state index in [0.717, 1.165) is 22.3 Å². The number of fused-ring (bicyclic) bond motifs is 3. The predicted molar refractivity (Wildman–Crippen MR) is 131 cm³/mol. The maximum Gasteiger partial charge on any atom is 0.408 e. The summed E-state index contributed by atoms with van der Waals surface area (Å²) in [5.74, 6) is -1.95. The topological polar surface area (TPSA) is 105 Å². The van der Waals surface area contributed by atoms with Gasteiger partial charge in [0.25, 0.3) is 0 Å². The standard InChI is InChI=1S/C27H34N2O5/c1-5-17(4)23(24(30)31)28-25(32)27(6-2,7-3)29-26(33)34-16-22-20-14-10-8-12-18(20)19-13-9-11-15-21(19)22/h8-15,17,22-23H,5-7,16H2,1-4H3,(H,28,32)(H,29,33)(H,30,31)/t17?,23-/m0/s1. The highest BCUT2D eigenvalue weighted by molar-refractivity contribution is 5.92.